The van der Waals surface area contributed by atoms with Crippen molar-refractivity contribution in [3.63, 3.8) is 0 Å². The normalized spacial score (nSPS) is 26.7. The van der Waals surface area contributed by atoms with E-state index >= 15 is 0 Å². The van der Waals surface area contributed by atoms with Crippen molar-refractivity contribution in [3.8, 4) is 0 Å². The number of piperidine rings is 1. The summed E-state index contributed by atoms with van der Waals surface area (Å²) >= 11 is 0. The zero-order valence-corrected chi connectivity index (χ0v) is 12.2. The first-order valence-corrected chi connectivity index (χ1v) is 7.45. The molecule has 6 nitrogen and oxygen atoms in total. The Kier molecular flexibility index (Phi) is 3.65. The molecular formula is C14H23N5O. The highest BCUT2D eigenvalue weighted by molar-refractivity contribution is 5.92. The summed E-state index contributed by atoms with van der Waals surface area (Å²) in [5.41, 5.74) is 0.529. The van der Waals surface area contributed by atoms with Gasteiger partial charge in [-0.15, -0.1) is 0 Å². The minimum Gasteiger partial charge on any atom is -0.356 e. The fourth-order valence-corrected chi connectivity index (χ4v) is 2.97. The summed E-state index contributed by atoms with van der Waals surface area (Å²) in [7, 11) is 2.14. The van der Waals surface area contributed by atoms with Crippen molar-refractivity contribution in [1.29, 1.82) is 0 Å². The van der Waals surface area contributed by atoms with Gasteiger partial charge in [-0.3, -0.25) is 4.79 Å². The first-order valence-electron chi connectivity index (χ1n) is 7.45. The molecule has 0 radical (unpaired) electrons. The lowest BCUT2D eigenvalue weighted by Crippen LogP contribution is -2.47. The van der Waals surface area contributed by atoms with Gasteiger partial charge in [0.05, 0.1) is 0 Å². The monoisotopic (exact) mass is 277 g/mol. The summed E-state index contributed by atoms with van der Waals surface area (Å²) in [5, 5.41) is 6.35. The molecule has 0 bridgehead atoms. The van der Waals surface area contributed by atoms with Gasteiger partial charge in [-0.25, -0.2) is 4.98 Å². The van der Waals surface area contributed by atoms with E-state index in [1.54, 1.807) is 0 Å². The minimum atomic E-state index is -0.0459. The molecule has 3 heterocycles. The Balaban J connectivity index is 1.63. The number of hydrogen-bond donors (Lipinski definition) is 2. The van der Waals surface area contributed by atoms with Crippen molar-refractivity contribution >= 4 is 11.9 Å². The number of rotatable bonds is 2. The number of aromatic nitrogens is 2. The number of amides is 1. The summed E-state index contributed by atoms with van der Waals surface area (Å²) in [6.07, 6.45) is 4.96. The van der Waals surface area contributed by atoms with Gasteiger partial charge in [0.25, 0.3) is 5.91 Å². The fourth-order valence-electron chi connectivity index (χ4n) is 2.97. The van der Waals surface area contributed by atoms with Crippen LogP contribution in [0.15, 0.2) is 6.20 Å². The van der Waals surface area contributed by atoms with Crippen molar-refractivity contribution in [2.75, 3.05) is 25.5 Å². The largest absolute Gasteiger partial charge is 0.356 e. The molecule has 6 heteroatoms. The Labute approximate surface area is 119 Å². The van der Waals surface area contributed by atoms with Gasteiger partial charge in [0.1, 0.15) is 5.69 Å². The number of hydrogen-bond acceptors (Lipinski definition) is 4. The summed E-state index contributed by atoms with van der Waals surface area (Å²) in [6, 6.07) is 0.784. The zero-order chi connectivity index (χ0) is 14.1. The Morgan fingerprint density at radius 1 is 1.50 bits per heavy atom. The Hall–Kier alpha value is -1.56. The third kappa shape index (κ3) is 2.65. The SMILES string of the molecule is CC1CC(NC(=O)c2cn3c(n2)NCCC3)CCN1C. The van der Waals surface area contributed by atoms with Crippen LogP contribution in [0, 0.1) is 0 Å². The average molecular weight is 277 g/mol. The Bertz CT molecular complexity index is 474. The van der Waals surface area contributed by atoms with E-state index in [4.69, 9.17) is 0 Å². The van der Waals surface area contributed by atoms with E-state index in [9.17, 15) is 4.79 Å². The van der Waals surface area contributed by atoms with Crippen LogP contribution in [0.4, 0.5) is 5.95 Å². The van der Waals surface area contributed by atoms with Crippen LogP contribution >= 0.6 is 0 Å². The molecule has 0 aliphatic carbocycles. The van der Waals surface area contributed by atoms with Crippen molar-refractivity contribution < 1.29 is 4.79 Å². The number of carbonyl (C=O) groups is 1. The van der Waals surface area contributed by atoms with Gasteiger partial charge in [-0.05, 0) is 33.2 Å². The van der Waals surface area contributed by atoms with E-state index in [-0.39, 0.29) is 11.9 Å². The molecule has 1 saturated heterocycles. The van der Waals surface area contributed by atoms with E-state index in [1.807, 2.05) is 10.8 Å². The lowest BCUT2D eigenvalue weighted by atomic mass is 9.99. The molecule has 0 saturated carbocycles. The van der Waals surface area contributed by atoms with E-state index in [2.05, 4.69) is 34.5 Å². The number of imidazole rings is 1. The van der Waals surface area contributed by atoms with Gasteiger partial charge in [-0.1, -0.05) is 0 Å². The number of nitrogens with zero attached hydrogens (tertiary/aromatic N) is 3. The van der Waals surface area contributed by atoms with Crippen molar-refractivity contribution in [1.82, 2.24) is 19.8 Å². The fraction of sp³-hybridized carbons (Fsp3) is 0.714. The number of aryl methyl sites for hydroxylation is 1. The molecule has 1 fully saturated rings. The maximum Gasteiger partial charge on any atom is 0.271 e. The highest BCUT2D eigenvalue weighted by Gasteiger charge is 2.25. The summed E-state index contributed by atoms with van der Waals surface area (Å²) < 4.78 is 2.02. The second-order valence-corrected chi connectivity index (χ2v) is 5.95. The maximum absolute atomic E-state index is 12.3. The second-order valence-electron chi connectivity index (χ2n) is 5.95. The first-order chi connectivity index (χ1) is 9.63. The molecule has 0 spiro atoms. The van der Waals surface area contributed by atoms with Gasteiger partial charge in [0.2, 0.25) is 5.95 Å². The van der Waals surface area contributed by atoms with Crippen LogP contribution in [0.3, 0.4) is 0 Å². The Morgan fingerprint density at radius 2 is 2.35 bits per heavy atom. The van der Waals surface area contributed by atoms with E-state index in [1.165, 1.54) is 0 Å². The summed E-state index contributed by atoms with van der Waals surface area (Å²) in [5.74, 6) is 0.772. The Morgan fingerprint density at radius 3 is 3.10 bits per heavy atom. The van der Waals surface area contributed by atoms with Crippen molar-refractivity contribution in [3.05, 3.63) is 11.9 Å². The van der Waals surface area contributed by atoms with Gasteiger partial charge >= 0.3 is 0 Å². The number of nitrogens with one attached hydrogen (secondary N) is 2. The van der Waals surface area contributed by atoms with E-state index < -0.39 is 0 Å². The molecule has 2 aliphatic heterocycles. The smallest absolute Gasteiger partial charge is 0.271 e. The van der Waals surface area contributed by atoms with Crippen molar-refractivity contribution in [2.45, 2.75) is 44.8 Å². The van der Waals surface area contributed by atoms with Crippen LogP contribution in [0.1, 0.15) is 36.7 Å². The highest BCUT2D eigenvalue weighted by atomic mass is 16.2. The molecule has 2 atom stereocenters. The molecule has 1 amide bonds. The van der Waals surface area contributed by atoms with E-state index in [0.29, 0.717) is 11.7 Å². The molecule has 0 aromatic carbocycles. The quantitative estimate of drug-likeness (QED) is 0.843. The van der Waals surface area contributed by atoms with Gasteiger partial charge in [0, 0.05) is 37.9 Å². The summed E-state index contributed by atoms with van der Waals surface area (Å²) in [6.45, 7) is 5.11. The first kappa shape index (κ1) is 13.4. The number of anilines is 1. The molecule has 20 heavy (non-hydrogen) atoms. The summed E-state index contributed by atoms with van der Waals surface area (Å²) in [4.78, 5) is 19.0. The predicted octanol–water partition coefficient (Wildman–Crippen LogP) is 0.911. The number of likely N-dealkylation sites (tertiary alicyclic amines) is 1. The van der Waals surface area contributed by atoms with Crippen LogP contribution < -0.4 is 10.6 Å². The lowest BCUT2D eigenvalue weighted by Gasteiger charge is -2.35. The molecule has 110 valence electrons. The maximum atomic E-state index is 12.3. The molecule has 2 unspecified atom stereocenters. The standard InChI is InChI=1S/C14H23N5O/c1-10-8-11(4-7-18(10)2)16-13(20)12-9-19-6-3-5-15-14(19)17-12/h9-11H,3-8H2,1-2H3,(H,15,17)(H,16,20). The zero-order valence-electron chi connectivity index (χ0n) is 12.2. The lowest BCUT2D eigenvalue weighted by molar-refractivity contribution is 0.0892. The van der Waals surface area contributed by atoms with Gasteiger partial charge < -0.3 is 20.1 Å². The molecule has 2 aliphatic rings. The molecule has 1 aromatic heterocycles. The third-order valence-corrected chi connectivity index (χ3v) is 4.41. The van der Waals surface area contributed by atoms with Gasteiger partial charge in [-0.2, -0.15) is 0 Å². The van der Waals surface area contributed by atoms with Crippen LogP contribution in [-0.2, 0) is 6.54 Å². The van der Waals surface area contributed by atoms with Crippen LogP contribution in [0.25, 0.3) is 0 Å². The van der Waals surface area contributed by atoms with Crippen LogP contribution in [0.5, 0.6) is 0 Å². The second kappa shape index (κ2) is 5.44. The molecule has 1 aromatic rings. The minimum absolute atomic E-state index is 0.0459. The highest BCUT2D eigenvalue weighted by Crippen LogP contribution is 2.17. The topological polar surface area (TPSA) is 62.2 Å². The van der Waals surface area contributed by atoms with Crippen LogP contribution in [0.2, 0.25) is 0 Å². The van der Waals surface area contributed by atoms with Crippen molar-refractivity contribution in [2.24, 2.45) is 0 Å². The third-order valence-electron chi connectivity index (χ3n) is 4.41. The molecular weight excluding hydrogens is 254 g/mol. The molecule has 2 N–H and O–H groups in total. The predicted molar refractivity (Wildman–Crippen MR) is 77.9 cm³/mol. The molecule has 3 rings (SSSR count). The van der Waals surface area contributed by atoms with E-state index in [0.717, 1.165) is 44.8 Å². The number of fused-ring (bicyclic) bond motifs is 1. The average Bonchev–Trinajstić information content (AvgIpc) is 2.87. The van der Waals surface area contributed by atoms with Gasteiger partial charge in [0.15, 0.2) is 0 Å². The number of carbonyl (C=O) groups excluding carboxylic acids is 1. The van der Waals surface area contributed by atoms with Crippen LogP contribution in [-0.4, -0.2) is 52.6 Å².